The van der Waals surface area contributed by atoms with Crippen molar-refractivity contribution in [1.82, 2.24) is 15.0 Å². The molecule has 0 aliphatic rings. The maximum absolute atomic E-state index is 4.35. The molecule has 4 heteroatoms. The summed E-state index contributed by atoms with van der Waals surface area (Å²) >= 11 is 0. The van der Waals surface area contributed by atoms with Crippen LogP contribution in [-0.2, 0) is 0 Å². The SMILES string of the molecule is CN(C)c1ncnc(-c2ccccc2)n1. The van der Waals surface area contributed by atoms with E-state index in [9.17, 15) is 0 Å². The van der Waals surface area contributed by atoms with E-state index in [1.165, 1.54) is 6.33 Å². The fourth-order valence-electron chi connectivity index (χ4n) is 1.23. The first-order valence-corrected chi connectivity index (χ1v) is 4.69. The van der Waals surface area contributed by atoms with Crippen LogP contribution in [0.15, 0.2) is 36.7 Å². The molecule has 0 saturated heterocycles. The van der Waals surface area contributed by atoms with Crippen LogP contribution in [0, 0.1) is 0 Å². The molecule has 0 unspecified atom stereocenters. The summed E-state index contributed by atoms with van der Waals surface area (Å²) in [6.07, 6.45) is 1.53. The van der Waals surface area contributed by atoms with Crippen molar-refractivity contribution in [2.24, 2.45) is 0 Å². The van der Waals surface area contributed by atoms with Gasteiger partial charge in [0, 0.05) is 19.7 Å². The minimum atomic E-state index is 0.670. The predicted octanol–water partition coefficient (Wildman–Crippen LogP) is 1.60. The minimum absolute atomic E-state index is 0.670. The summed E-state index contributed by atoms with van der Waals surface area (Å²) in [5, 5.41) is 0. The van der Waals surface area contributed by atoms with Crippen LogP contribution >= 0.6 is 0 Å². The van der Waals surface area contributed by atoms with Crippen LogP contribution < -0.4 is 4.90 Å². The summed E-state index contributed by atoms with van der Waals surface area (Å²) in [6, 6.07) is 9.87. The lowest BCUT2D eigenvalue weighted by Crippen LogP contribution is -2.13. The van der Waals surface area contributed by atoms with Gasteiger partial charge in [-0.15, -0.1) is 0 Å². The molecule has 4 nitrogen and oxygen atoms in total. The van der Waals surface area contributed by atoms with Crippen molar-refractivity contribution < 1.29 is 0 Å². The Hall–Kier alpha value is -1.97. The molecule has 0 fully saturated rings. The lowest BCUT2D eigenvalue weighted by atomic mass is 10.2. The first-order valence-electron chi connectivity index (χ1n) is 4.69. The number of benzene rings is 1. The molecule has 2 rings (SSSR count). The number of anilines is 1. The average Bonchev–Trinajstić information content (AvgIpc) is 2.30. The highest BCUT2D eigenvalue weighted by molar-refractivity contribution is 5.55. The minimum Gasteiger partial charge on any atom is -0.347 e. The van der Waals surface area contributed by atoms with Crippen LogP contribution in [0.4, 0.5) is 5.95 Å². The van der Waals surface area contributed by atoms with Gasteiger partial charge in [0.25, 0.3) is 0 Å². The van der Waals surface area contributed by atoms with Crippen molar-refractivity contribution >= 4 is 5.95 Å². The van der Waals surface area contributed by atoms with E-state index in [2.05, 4.69) is 15.0 Å². The quantitative estimate of drug-likeness (QED) is 0.738. The van der Waals surface area contributed by atoms with Crippen LogP contribution in [0.2, 0.25) is 0 Å². The third-order valence-electron chi connectivity index (χ3n) is 1.99. The number of hydrogen-bond acceptors (Lipinski definition) is 4. The molecule has 1 aromatic carbocycles. The first-order chi connectivity index (χ1) is 7.27. The van der Waals surface area contributed by atoms with Gasteiger partial charge in [0.05, 0.1) is 0 Å². The maximum Gasteiger partial charge on any atom is 0.228 e. The Morgan fingerprint density at radius 2 is 1.73 bits per heavy atom. The summed E-state index contributed by atoms with van der Waals surface area (Å²) in [6.45, 7) is 0. The highest BCUT2D eigenvalue weighted by atomic mass is 15.2. The largest absolute Gasteiger partial charge is 0.347 e. The van der Waals surface area contributed by atoms with Gasteiger partial charge >= 0.3 is 0 Å². The fraction of sp³-hybridized carbons (Fsp3) is 0.182. The molecule has 0 aliphatic heterocycles. The van der Waals surface area contributed by atoms with Crippen LogP contribution in [0.3, 0.4) is 0 Å². The molecule has 0 saturated carbocycles. The Kier molecular flexibility index (Phi) is 2.58. The summed E-state index contributed by atoms with van der Waals surface area (Å²) in [5.74, 6) is 1.37. The summed E-state index contributed by atoms with van der Waals surface area (Å²) in [7, 11) is 3.81. The van der Waals surface area contributed by atoms with Gasteiger partial charge in [-0.25, -0.2) is 9.97 Å². The second-order valence-corrected chi connectivity index (χ2v) is 3.37. The Morgan fingerprint density at radius 1 is 1.00 bits per heavy atom. The van der Waals surface area contributed by atoms with Crippen molar-refractivity contribution in [3.63, 3.8) is 0 Å². The van der Waals surface area contributed by atoms with E-state index in [4.69, 9.17) is 0 Å². The maximum atomic E-state index is 4.35. The summed E-state index contributed by atoms with van der Waals surface area (Å²) < 4.78 is 0. The van der Waals surface area contributed by atoms with Gasteiger partial charge in [0.15, 0.2) is 5.82 Å². The van der Waals surface area contributed by atoms with E-state index in [-0.39, 0.29) is 0 Å². The molecule has 0 spiro atoms. The van der Waals surface area contributed by atoms with E-state index >= 15 is 0 Å². The number of aromatic nitrogens is 3. The van der Waals surface area contributed by atoms with Gasteiger partial charge in [0.2, 0.25) is 5.95 Å². The Morgan fingerprint density at radius 3 is 2.40 bits per heavy atom. The highest BCUT2D eigenvalue weighted by Gasteiger charge is 2.03. The van der Waals surface area contributed by atoms with E-state index in [1.54, 1.807) is 0 Å². The third-order valence-corrected chi connectivity index (χ3v) is 1.99. The van der Waals surface area contributed by atoms with Gasteiger partial charge < -0.3 is 4.90 Å². The molecule has 0 amide bonds. The zero-order valence-electron chi connectivity index (χ0n) is 8.75. The molecule has 0 atom stereocenters. The average molecular weight is 200 g/mol. The van der Waals surface area contributed by atoms with Crippen molar-refractivity contribution in [2.75, 3.05) is 19.0 Å². The van der Waals surface area contributed by atoms with Gasteiger partial charge in [-0.1, -0.05) is 30.3 Å². The standard InChI is InChI=1S/C11H12N4/c1-15(2)11-13-8-12-10(14-11)9-6-4-3-5-7-9/h3-8H,1-2H3. The van der Waals surface area contributed by atoms with E-state index in [0.29, 0.717) is 11.8 Å². The second kappa shape index (κ2) is 4.04. The normalized spacial score (nSPS) is 10.0. The van der Waals surface area contributed by atoms with Crippen molar-refractivity contribution in [3.8, 4) is 11.4 Å². The zero-order valence-corrected chi connectivity index (χ0v) is 8.75. The Labute approximate surface area is 88.6 Å². The molecule has 1 aromatic heterocycles. The Balaban J connectivity index is 2.42. The highest BCUT2D eigenvalue weighted by Crippen LogP contribution is 2.14. The molecule has 0 radical (unpaired) electrons. The third kappa shape index (κ3) is 2.10. The van der Waals surface area contributed by atoms with E-state index in [0.717, 1.165) is 5.56 Å². The first kappa shape index (κ1) is 9.58. The van der Waals surface area contributed by atoms with E-state index in [1.807, 2.05) is 49.3 Å². The van der Waals surface area contributed by atoms with Crippen molar-refractivity contribution in [3.05, 3.63) is 36.7 Å². The summed E-state index contributed by atoms with van der Waals surface area (Å²) in [4.78, 5) is 14.4. The second-order valence-electron chi connectivity index (χ2n) is 3.37. The number of nitrogens with zero attached hydrogens (tertiary/aromatic N) is 4. The van der Waals surface area contributed by atoms with E-state index < -0.39 is 0 Å². The van der Waals surface area contributed by atoms with Crippen LogP contribution in [0.5, 0.6) is 0 Å². The lowest BCUT2D eigenvalue weighted by molar-refractivity contribution is 0.961. The van der Waals surface area contributed by atoms with Crippen molar-refractivity contribution in [2.45, 2.75) is 0 Å². The van der Waals surface area contributed by atoms with Crippen LogP contribution in [0.25, 0.3) is 11.4 Å². The summed E-state index contributed by atoms with van der Waals surface area (Å²) in [5.41, 5.74) is 1.00. The number of hydrogen-bond donors (Lipinski definition) is 0. The molecule has 0 aliphatic carbocycles. The molecule has 2 aromatic rings. The van der Waals surface area contributed by atoms with Gasteiger partial charge in [0.1, 0.15) is 6.33 Å². The molecule has 0 N–H and O–H groups in total. The lowest BCUT2D eigenvalue weighted by Gasteiger charge is -2.09. The molecule has 76 valence electrons. The smallest absolute Gasteiger partial charge is 0.228 e. The van der Waals surface area contributed by atoms with Gasteiger partial charge in [-0.3, -0.25) is 0 Å². The number of rotatable bonds is 2. The fourth-order valence-corrected chi connectivity index (χ4v) is 1.23. The molecular formula is C11H12N4. The topological polar surface area (TPSA) is 41.9 Å². The molecular weight excluding hydrogens is 188 g/mol. The van der Waals surface area contributed by atoms with Crippen LogP contribution in [-0.4, -0.2) is 29.0 Å². The van der Waals surface area contributed by atoms with Gasteiger partial charge in [-0.05, 0) is 0 Å². The predicted molar refractivity (Wildman–Crippen MR) is 59.6 cm³/mol. The molecule has 15 heavy (non-hydrogen) atoms. The molecule has 1 heterocycles. The van der Waals surface area contributed by atoms with Crippen molar-refractivity contribution in [1.29, 1.82) is 0 Å². The monoisotopic (exact) mass is 200 g/mol. The Bertz CT molecular complexity index is 439. The van der Waals surface area contributed by atoms with Crippen LogP contribution in [0.1, 0.15) is 0 Å². The zero-order chi connectivity index (χ0) is 10.7. The van der Waals surface area contributed by atoms with Gasteiger partial charge in [-0.2, -0.15) is 4.98 Å². The molecule has 0 bridgehead atoms.